The Labute approximate surface area is 198 Å². The predicted octanol–water partition coefficient (Wildman–Crippen LogP) is 3.93. The lowest BCUT2D eigenvalue weighted by Crippen LogP contribution is -2.54. The molecule has 8 heteroatoms. The third kappa shape index (κ3) is 4.12. The molecule has 3 heterocycles. The van der Waals surface area contributed by atoms with Crippen molar-refractivity contribution in [3.05, 3.63) is 59.9 Å². The molecule has 1 aliphatic rings. The molecule has 2 aromatic heterocycles. The minimum atomic E-state index is -0.243. The molecule has 1 amide bonds. The van der Waals surface area contributed by atoms with Crippen molar-refractivity contribution in [2.75, 3.05) is 30.4 Å². The van der Waals surface area contributed by atoms with Crippen LogP contribution >= 0.6 is 0 Å². The summed E-state index contributed by atoms with van der Waals surface area (Å²) in [6, 6.07) is 14.4. The van der Waals surface area contributed by atoms with Crippen molar-refractivity contribution in [1.29, 1.82) is 0 Å². The van der Waals surface area contributed by atoms with Crippen LogP contribution in [0.4, 0.5) is 11.4 Å². The van der Waals surface area contributed by atoms with Gasteiger partial charge < -0.3 is 20.3 Å². The van der Waals surface area contributed by atoms with E-state index >= 15 is 0 Å². The van der Waals surface area contributed by atoms with Gasteiger partial charge >= 0.3 is 6.01 Å². The van der Waals surface area contributed by atoms with Crippen molar-refractivity contribution in [3.8, 4) is 6.01 Å². The summed E-state index contributed by atoms with van der Waals surface area (Å²) in [5, 5.41) is 8.33. The first-order valence-electron chi connectivity index (χ1n) is 11.5. The Bertz CT molecular complexity index is 1380. The zero-order valence-electron chi connectivity index (χ0n) is 19.8. The number of piperazine rings is 1. The molecule has 0 spiro atoms. The van der Waals surface area contributed by atoms with Crippen LogP contribution in [0.5, 0.6) is 6.01 Å². The lowest BCUT2D eigenvalue weighted by atomic mass is 10.0. The largest absolute Gasteiger partial charge is 0.467 e. The van der Waals surface area contributed by atoms with Gasteiger partial charge in [0.2, 0.25) is 0 Å². The van der Waals surface area contributed by atoms with E-state index in [0.29, 0.717) is 28.9 Å². The fourth-order valence-electron chi connectivity index (χ4n) is 4.73. The van der Waals surface area contributed by atoms with Crippen molar-refractivity contribution in [2.24, 2.45) is 0 Å². The molecule has 2 aromatic carbocycles. The lowest BCUT2D eigenvalue weighted by molar-refractivity contribution is 0.102. The molecule has 1 fully saturated rings. The highest BCUT2D eigenvalue weighted by atomic mass is 16.5. The van der Waals surface area contributed by atoms with Gasteiger partial charge in [0.1, 0.15) is 0 Å². The van der Waals surface area contributed by atoms with Gasteiger partial charge in [0.25, 0.3) is 5.91 Å². The number of ether oxygens (including phenoxy) is 1. The Morgan fingerprint density at radius 2 is 1.85 bits per heavy atom. The molecule has 34 heavy (non-hydrogen) atoms. The van der Waals surface area contributed by atoms with E-state index in [0.717, 1.165) is 40.8 Å². The zero-order valence-corrected chi connectivity index (χ0v) is 19.8. The molecule has 2 atom stereocenters. The highest BCUT2D eigenvalue weighted by molar-refractivity contribution is 6.15. The van der Waals surface area contributed by atoms with E-state index in [4.69, 9.17) is 4.74 Å². The fourth-order valence-corrected chi connectivity index (χ4v) is 4.73. The number of hydrogen-bond donors (Lipinski definition) is 2. The molecule has 2 N–H and O–H groups in total. The van der Waals surface area contributed by atoms with E-state index in [1.165, 1.54) is 7.11 Å². The molecule has 1 aliphatic heterocycles. The van der Waals surface area contributed by atoms with Crippen LogP contribution in [0.1, 0.15) is 29.9 Å². The molecule has 0 radical (unpaired) electrons. The van der Waals surface area contributed by atoms with Crippen molar-refractivity contribution < 1.29 is 9.53 Å². The lowest BCUT2D eigenvalue weighted by Gasteiger charge is -2.38. The molecule has 8 nitrogen and oxygen atoms in total. The standard InChI is InChI=1S/C26H28N6O2/c1-15-8-9-18-21(29-15)6-5-7-22(18)30-25(33)19-10-11-23(32-13-16(2)28-17(3)14-32)20-12-27-26(34-4)31-24(19)20/h5-12,16-17,28H,13-14H2,1-4H3,(H,30,33)/t16-,17-/m0/s1. The Hall–Kier alpha value is -3.78. The number of pyridine rings is 1. The van der Waals surface area contributed by atoms with Gasteiger partial charge in [0, 0.05) is 53.5 Å². The summed E-state index contributed by atoms with van der Waals surface area (Å²) in [5.41, 5.74) is 4.52. The van der Waals surface area contributed by atoms with Crippen LogP contribution in [0, 0.1) is 6.92 Å². The first-order valence-corrected chi connectivity index (χ1v) is 11.5. The number of hydrogen-bond acceptors (Lipinski definition) is 7. The van der Waals surface area contributed by atoms with Gasteiger partial charge in [-0.1, -0.05) is 6.07 Å². The molecular weight excluding hydrogens is 428 g/mol. The first-order chi connectivity index (χ1) is 16.4. The fraction of sp³-hybridized carbons (Fsp3) is 0.308. The van der Waals surface area contributed by atoms with Crippen molar-refractivity contribution in [1.82, 2.24) is 20.3 Å². The van der Waals surface area contributed by atoms with E-state index in [1.807, 2.05) is 49.4 Å². The van der Waals surface area contributed by atoms with Gasteiger partial charge in [0.05, 0.1) is 29.4 Å². The summed E-state index contributed by atoms with van der Waals surface area (Å²) in [7, 11) is 1.52. The number of aromatic nitrogens is 3. The summed E-state index contributed by atoms with van der Waals surface area (Å²) in [4.78, 5) is 29.3. The third-order valence-electron chi connectivity index (χ3n) is 6.15. The van der Waals surface area contributed by atoms with Crippen molar-refractivity contribution in [2.45, 2.75) is 32.9 Å². The summed E-state index contributed by atoms with van der Waals surface area (Å²) in [6.45, 7) is 8.02. The number of methoxy groups -OCH3 is 1. The molecular formula is C26H28N6O2. The number of fused-ring (bicyclic) bond motifs is 2. The minimum absolute atomic E-state index is 0.227. The smallest absolute Gasteiger partial charge is 0.316 e. The molecule has 0 saturated carbocycles. The van der Waals surface area contributed by atoms with E-state index in [-0.39, 0.29) is 11.9 Å². The average Bonchev–Trinajstić information content (AvgIpc) is 2.82. The Morgan fingerprint density at radius 3 is 2.62 bits per heavy atom. The third-order valence-corrected chi connectivity index (χ3v) is 6.15. The highest BCUT2D eigenvalue weighted by Crippen LogP contribution is 2.31. The van der Waals surface area contributed by atoms with Gasteiger partial charge in [-0.2, -0.15) is 4.98 Å². The maximum atomic E-state index is 13.5. The number of benzene rings is 2. The highest BCUT2D eigenvalue weighted by Gasteiger charge is 2.24. The summed E-state index contributed by atoms with van der Waals surface area (Å²) in [6.07, 6.45) is 1.75. The molecule has 0 aliphatic carbocycles. The number of amides is 1. The van der Waals surface area contributed by atoms with Crippen LogP contribution in [0.15, 0.2) is 48.7 Å². The number of rotatable bonds is 4. The monoisotopic (exact) mass is 456 g/mol. The second-order valence-corrected chi connectivity index (χ2v) is 8.90. The van der Waals surface area contributed by atoms with E-state index in [9.17, 15) is 4.79 Å². The number of anilines is 2. The van der Waals surface area contributed by atoms with Crippen LogP contribution in [0.25, 0.3) is 21.8 Å². The summed E-state index contributed by atoms with van der Waals surface area (Å²) in [5.74, 6) is -0.243. The van der Waals surface area contributed by atoms with Gasteiger partial charge in [-0.25, -0.2) is 4.98 Å². The van der Waals surface area contributed by atoms with Crippen LogP contribution in [0.2, 0.25) is 0 Å². The summed E-state index contributed by atoms with van der Waals surface area (Å²) >= 11 is 0. The average molecular weight is 457 g/mol. The van der Waals surface area contributed by atoms with Crippen LogP contribution < -0.4 is 20.3 Å². The van der Waals surface area contributed by atoms with E-state index in [2.05, 4.69) is 44.3 Å². The molecule has 5 rings (SSSR count). The minimum Gasteiger partial charge on any atom is -0.467 e. The summed E-state index contributed by atoms with van der Waals surface area (Å²) < 4.78 is 5.28. The van der Waals surface area contributed by atoms with Crippen LogP contribution in [0.3, 0.4) is 0 Å². The molecule has 4 aromatic rings. The topological polar surface area (TPSA) is 92.3 Å². The maximum Gasteiger partial charge on any atom is 0.316 e. The molecule has 174 valence electrons. The number of carbonyl (C=O) groups excluding carboxylic acids is 1. The van der Waals surface area contributed by atoms with E-state index < -0.39 is 0 Å². The van der Waals surface area contributed by atoms with Crippen molar-refractivity contribution in [3.63, 3.8) is 0 Å². The maximum absolute atomic E-state index is 13.5. The molecule has 0 bridgehead atoms. The van der Waals surface area contributed by atoms with Gasteiger partial charge in [-0.15, -0.1) is 0 Å². The Balaban J connectivity index is 1.56. The second kappa shape index (κ2) is 8.87. The van der Waals surface area contributed by atoms with Gasteiger partial charge in [0.15, 0.2) is 0 Å². The number of aryl methyl sites for hydroxylation is 1. The van der Waals surface area contributed by atoms with Crippen LogP contribution in [-0.4, -0.2) is 53.1 Å². The molecule has 0 unspecified atom stereocenters. The van der Waals surface area contributed by atoms with Gasteiger partial charge in [-0.3, -0.25) is 9.78 Å². The number of carbonyl (C=O) groups is 1. The quantitative estimate of drug-likeness (QED) is 0.481. The normalized spacial score (nSPS) is 18.3. The van der Waals surface area contributed by atoms with Crippen LogP contribution in [-0.2, 0) is 0 Å². The second-order valence-electron chi connectivity index (χ2n) is 8.90. The van der Waals surface area contributed by atoms with Gasteiger partial charge in [-0.05, 0) is 57.2 Å². The first kappa shape index (κ1) is 22.0. The SMILES string of the molecule is COc1ncc2c(N3C[C@H](C)N[C@@H](C)C3)ccc(C(=O)Nc3cccc4nc(C)ccc34)c2n1. The number of nitrogens with zero attached hydrogens (tertiary/aromatic N) is 4. The Morgan fingerprint density at radius 1 is 1.06 bits per heavy atom. The van der Waals surface area contributed by atoms with E-state index in [1.54, 1.807) is 6.20 Å². The Kier molecular flexibility index (Phi) is 5.75. The number of nitrogens with one attached hydrogen (secondary N) is 2. The molecule has 1 saturated heterocycles. The van der Waals surface area contributed by atoms with Crippen molar-refractivity contribution >= 4 is 39.1 Å². The predicted molar refractivity (Wildman–Crippen MR) is 135 cm³/mol. The zero-order chi connectivity index (χ0) is 23.8.